The third-order valence-corrected chi connectivity index (χ3v) is 6.18. The molecule has 5 heteroatoms. The van der Waals surface area contributed by atoms with Gasteiger partial charge in [0.25, 0.3) is 0 Å². The zero-order chi connectivity index (χ0) is 19.6. The Balaban J connectivity index is 1.37. The van der Waals surface area contributed by atoms with Crippen molar-refractivity contribution in [3.63, 3.8) is 0 Å². The van der Waals surface area contributed by atoms with Gasteiger partial charge in [-0.1, -0.05) is 60.7 Å². The summed E-state index contributed by atoms with van der Waals surface area (Å²) < 4.78 is 6.07. The first-order valence-electron chi connectivity index (χ1n) is 9.81. The van der Waals surface area contributed by atoms with Crippen LogP contribution in [0.15, 0.2) is 60.7 Å². The number of carboxylic acids is 1. The van der Waals surface area contributed by atoms with Gasteiger partial charge in [0, 0.05) is 13.1 Å². The smallest absolute Gasteiger partial charge is 0.307 e. The van der Waals surface area contributed by atoms with Gasteiger partial charge in [0.1, 0.15) is 12.7 Å². The number of carbonyl (C=O) groups is 2. The first-order valence-corrected chi connectivity index (χ1v) is 9.81. The van der Waals surface area contributed by atoms with E-state index in [0.29, 0.717) is 13.1 Å². The maximum Gasteiger partial charge on any atom is 0.307 e. The Morgan fingerprint density at radius 2 is 1.54 bits per heavy atom. The zero-order valence-electron chi connectivity index (χ0n) is 15.8. The van der Waals surface area contributed by atoms with E-state index in [-0.39, 0.29) is 30.0 Å². The van der Waals surface area contributed by atoms with Gasteiger partial charge in [0.05, 0.1) is 5.92 Å². The standard InChI is InChI=1S/C23H25NO4/c25-20(24-13-11-23(12-14-24)15-19(23)22(26)27)16-28-21(17-7-3-1-4-8-17)18-9-5-2-6-10-18/h1-10,19,21H,11-16H2,(H,26,27). The molecular formula is C23H25NO4. The molecule has 1 N–H and O–H groups in total. The van der Waals surface area contributed by atoms with Crippen molar-refractivity contribution >= 4 is 11.9 Å². The number of piperidine rings is 1. The van der Waals surface area contributed by atoms with Crippen molar-refractivity contribution in [1.82, 2.24) is 4.90 Å². The molecule has 146 valence electrons. The number of carboxylic acid groups (broad SMARTS) is 1. The Labute approximate surface area is 164 Å². The van der Waals surface area contributed by atoms with Crippen molar-refractivity contribution in [2.24, 2.45) is 11.3 Å². The molecule has 1 aliphatic carbocycles. The number of amides is 1. The van der Waals surface area contributed by atoms with Gasteiger partial charge in [0.15, 0.2) is 0 Å². The third-order valence-electron chi connectivity index (χ3n) is 6.18. The Bertz CT molecular complexity index is 789. The first kappa shape index (κ1) is 18.7. The highest BCUT2D eigenvalue weighted by Gasteiger charge is 2.59. The van der Waals surface area contributed by atoms with Gasteiger partial charge in [-0.3, -0.25) is 9.59 Å². The lowest BCUT2D eigenvalue weighted by Crippen LogP contribution is -2.41. The van der Waals surface area contributed by atoms with Crippen LogP contribution in [0.4, 0.5) is 0 Å². The summed E-state index contributed by atoms with van der Waals surface area (Å²) in [6.07, 6.45) is 2.01. The van der Waals surface area contributed by atoms with Crippen LogP contribution in [0.25, 0.3) is 0 Å². The predicted octanol–water partition coefficient (Wildman–Crippen LogP) is 3.51. The van der Waals surface area contributed by atoms with Crippen LogP contribution in [-0.2, 0) is 14.3 Å². The van der Waals surface area contributed by atoms with Crippen LogP contribution in [0.5, 0.6) is 0 Å². The van der Waals surface area contributed by atoms with Gasteiger partial charge < -0.3 is 14.7 Å². The quantitative estimate of drug-likeness (QED) is 0.834. The number of hydrogen-bond donors (Lipinski definition) is 1. The SMILES string of the molecule is O=C(O)C1CC12CCN(C(=O)COC(c1ccccc1)c1ccccc1)CC2. The lowest BCUT2D eigenvalue weighted by molar-refractivity contribution is -0.140. The van der Waals surface area contributed by atoms with Crippen molar-refractivity contribution in [3.05, 3.63) is 71.8 Å². The van der Waals surface area contributed by atoms with E-state index in [0.717, 1.165) is 30.4 Å². The Kier molecular flexibility index (Phi) is 5.18. The molecule has 1 saturated carbocycles. The van der Waals surface area contributed by atoms with Gasteiger partial charge in [-0.2, -0.15) is 0 Å². The van der Waals surface area contributed by atoms with Gasteiger partial charge in [-0.25, -0.2) is 0 Å². The molecule has 1 heterocycles. The van der Waals surface area contributed by atoms with E-state index in [1.807, 2.05) is 65.6 Å². The van der Waals surface area contributed by atoms with E-state index in [1.165, 1.54) is 0 Å². The number of ether oxygens (including phenoxy) is 1. The Morgan fingerprint density at radius 1 is 1.00 bits per heavy atom. The van der Waals surface area contributed by atoms with Crippen LogP contribution in [0.2, 0.25) is 0 Å². The topological polar surface area (TPSA) is 66.8 Å². The maximum atomic E-state index is 12.7. The summed E-state index contributed by atoms with van der Waals surface area (Å²) in [4.78, 5) is 25.7. The number of carbonyl (C=O) groups excluding carboxylic acids is 1. The predicted molar refractivity (Wildman–Crippen MR) is 105 cm³/mol. The number of aliphatic carboxylic acids is 1. The molecule has 0 aromatic heterocycles. The highest BCUT2D eigenvalue weighted by atomic mass is 16.5. The van der Waals surface area contributed by atoms with Gasteiger partial charge in [-0.15, -0.1) is 0 Å². The van der Waals surface area contributed by atoms with E-state index in [1.54, 1.807) is 0 Å². The summed E-state index contributed by atoms with van der Waals surface area (Å²) in [7, 11) is 0. The third kappa shape index (κ3) is 3.80. The molecule has 1 spiro atoms. The summed E-state index contributed by atoms with van der Waals surface area (Å²) in [6, 6.07) is 19.8. The molecule has 1 unspecified atom stereocenters. The molecule has 28 heavy (non-hydrogen) atoms. The molecule has 2 aromatic rings. The molecule has 2 aromatic carbocycles. The molecule has 2 fully saturated rings. The van der Waals surface area contributed by atoms with Crippen LogP contribution >= 0.6 is 0 Å². The lowest BCUT2D eigenvalue weighted by atomic mass is 9.91. The number of hydrogen-bond acceptors (Lipinski definition) is 3. The summed E-state index contributed by atoms with van der Waals surface area (Å²) in [5.41, 5.74) is 1.96. The van der Waals surface area contributed by atoms with Crippen molar-refractivity contribution < 1.29 is 19.4 Å². The fourth-order valence-corrected chi connectivity index (χ4v) is 4.34. The van der Waals surface area contributed by atoms with Crippen LogP contribution in [0.1, 0.15) is 36.5 Å². The second-order valence-corrected chi connectivity index (χ2v) is 7.85. The minimum absolute atomic E-state index is 0.0177. The van der Waals surface area contributed by atoms with E-state index < -0.39 is 5.97 Å². The number of rotatable bonds is 6. The summed E-state index contributed by atoms with van der Waals surface area (Å²) in [5, 5.41) is 9.21. The number of benzene rings is 2. The first-order chi connectivity index (χ1) is 13.6. The van der Waals surface area contributed by atoms with E-state index >= 15 is 0 Å². The molecule has 5 nitrogen and oxygen atoms in total. The highest BCUT2D eigenvalue weighted by molar-refractivity contribution is 5.78. The number of likely N-dealkylation sites (tertiary alicyclic amines) is 1. The van der Waals surface area contributed by atoms with Crippen LogP contribution < -0.4 is 0 Å². The molecule has 0 bridgehead atoms. The minimum Gasteiger partial charge on any atom is -0.481 e. The zero-order valence-corrected chi connectivity index (χ0v) is 15.8. The fourth-order valence-electron chi connectivity index (χ4n) is 4.34. The summed E-state index contributed by atoms with van der Waals surface area (Å²) >= 11 is 0. The van der Waals surface area contributed by atoms with Crippen LogP contribution in [0, 0.1) is 11.3 Å². The monoisotopic (exact) mass is 379 g/mol. The molecule has 1 atom stereocenters. The fraction of sp³-hybridized carbons (Fsp3) is 0.391. The summed E-state index contributed by atoms with van der Waals surface area (Å²) in [5.74, 6) is -0.947. The van der Waals surface area contributed by atoms with Gasteiger partial charge in [-0.05, 0) is 35.8 Å². The van der Waals surface area contributed by atoms with Crippen molar-refractivity contribution in [3.8, 4) is 0 Å². The van der Waals surface area contributed by atoms with E-state index in [9.17, 15) is 14.7 Å². The Hall–Kier alpha value is -2.66. The molecule has 1 amide bonds. The molecule has 0 radical (unpaired) electrons. The van der Waals surface area contributed by atoms with Crippen molar-refractivity contribution in [2.45, 2.75) is 25.4 Å². The maximum absolute atomic E-state index is 12.7. The molecular weight excluding hydrogens is 354 g/mol. The van der Waals surface area contributed by atoms with Gasteiger partial charge >= 0.3 is 5.97 Å². The second kappa shape index (κ2) is 7.76. The largest absolute Gasteiger partial charge is 0.481 e. The average Bonchev–Trinajstić information content (AvgIpc) is 3.44. The molecule has 1 saturated heterocycles. The van der Waals surface area contributed by atoms with Crippen LogP contribution in [0.3, 0.4) is 0 Å². The summed E-state index contributed by atoms with van der Waals surface area (Å²) in [6.45, 7) is 1.25. The van der Waals surface area contributed by atoms with Gasteiger partial charge in [0.2, 0.25) is 5.91 Å². The average molecular weight is 379 g/mol. The normalized spacial score (nSPS) is 20.3. The molecule has 4 rings (SSSR count). The Morgan fingerprint density at radius 3 is 2.00 bits per heavy atom. The minimum atomic E-state index is -0.698. The van der Waals surface area contributed by atoms with Crippen molar-refractivity contribution in [1.29, 1.82) is 0 Å². The van der Waals surface area contributed by atoms with E-state index in [4.69, 9.17) is 4.74 Å². The molecule has 1 aliphatic heterocycles. The lowest BCUT2D eigenvalue weighted by Gasteiger charge is -2.33. The second-order valence-electron chi connectivity index (χ2n) is 7.85. The highest BCUT2D eigenvalue weighted by Crippen LogP contribution is 2.59. The number of nitrogens with zero attached hydrogens (tertiary/aromatic N) is 1. The van der Waals surface area contributed by atoms with Crippen LogP contribution in [-0.4, -0.2) is 41.6 Å². The van der Waals surface area contributed by atoms with Crippen molar-refractivity contribution in [2.75, 3.05) is 19.7 Å². The van der Waals surface area contributed by atoms with E-state index in [2.05, 4.69) is 0 Å². The molecule has 2 aliphatic rings.